The fourth-order valence-electron chi connectivity index (χ4n) is 1.98. The number of anilines is 1. The Balaban J connectivity index is 2.31. The number of nitriles is 1. The summed E-state index contributed by atoms with van der Waals surface area (Å²) in [6.07, 6.45) is 4.87. The highest BCUT2D eigenvalue weighted by atomic mass is 35.5. The largest absolute Gasteiger partial charge is 0.452 e. The summed E-state index contributed by atoms with van der Waals surface area (Å²) in [4.78, 5) is 5.28. The van der Waals surface area contributed by atoms with E-state index in [9.17, 15) is 5.26 Å². The van der Waals surface area contributed by atoms with Crippen LogP contribution in [0.25, 0.3) is 21.6 Å². The molecule has 0 aromatic carbocycles. The normalized spacial score (nSPS) is 10.4. The Morgan fingerprint density at radius 3 is 2.65 bits per heavy atom. The molecule has 0 atom stereocenters. The number of nitrogens with two attached hydrogens (primary N) is 1. The van der Waals surface area contributed by atoms with Gasteiger partial charge in [0.15, 0.2) is 0 Å². The van der Waals surface area contributed by atoms with Gasteiger partial charge >= 0.3 is 0 Å². The van der Waals surface area contributed by atoms with E-state index in [0.717, 1.165) is 21.6 Å². The number of pyridine rings is 1. The molecular formula is C14H8ClN3OS. The predicted molar refractivity (Wildman–Crippen MR) is 79.4 cm³/mol. The Hall–Kier alpha value is -2.29. The van der Waals surface area contributed by atoms with E-state index in [2.05, 4.69) is 11.1 Å². The van der Waals surface area contributed by atoms with Crippen molar-refractivity contribution in [2.75, 3.05) is 5.73 Å². The molecule has 3 heterocycles. The zero-order valence-corrected chi connectivity index (χ0v) is 11.7. The lowest BCUT2D eigenvalue weighted by Gasteiger charge is -2.04. The van der Waals surface area contributed by atoms with Gasteiger partial charge in [-0.1, -0.05) is 0 Å². The first kappa shape index (κ1) is 12.7. The molecule has 0 fully saturated rings. The second-order valence-electron chi connectivity index (χ2n) is 4.00. The summed E-state index contributed by atoms with van der Waals surface area (Å²) in [6, 6.07) is 7.56. The number of rotatable bonds is 2. The molecule has 2 N–H and O–H groups in total. The molecule has 0 radical (unpaired) electrons. The molecule has 0 amide bonds. The predicted octanol–water partition coefficient (Wildman–Crippen LogP) is 4.18. The maximum atomic E-state index is 9.18. The Kier molecular flexibility index (Phi) is 3.18. The lowest BCUT2D eigenvalue weighted by atomic mass is 10.0. The minimum Gasteiger partial charge on any atom is -0.452 e. The molecular weight excluding hydrogens is 294 g/mol. The molecule has 3 aromatic rings. The summed E-state index contributed by atoms with van der Waals surface area (Å²) in [5.41, 5.74) is 8.96. The molecule has 20 heavy (non-hydrogen) atoms. The number of nitrogens with zero attached hydrogens (tertiary/aromatic N) is 2. The van der Waals surface area contributed by atoms with Gasteiger partial charge in [-0.3, -0.25) is 4.98 Å². The van der Waals surface area contributed by atoms with Crippen molar-refractivity contribution >= 4 is 28.6 Å². The van der Waals surface area contributed by atoms with E-state index in [-0.39, 0.29) is 5.22 Å². The Labute approximate surface area is 124 Å². The molecule has 0 saturated heterocycles. The van der Waals surface area contributed by atoms with Gasteiger partial charge in [0.1, 0.15) is 10.9 Å². The van der Waals surface area contributed by atoms with Crippen molar-refractivity contribution in [1.29, 1.82) is 5.26 Å². The Morgan fingerprint density at radius 2 is 2.05 bits per heavy atom. The molecule has 3 aromatic heterocycles. The molecule has 0 saturated carbocycles. The van der Waals surface area contributed by atoms with Crippen LogP contribution in [0.15, 0.2) is 41.3 Å². The maximum absolute atomic E-state index is 9.18. The quantitative estimate of drug-likeness (QED) is 0.770. The summed E-state index contributed by atoms with van der Waals surface area (Å²) in [6.45, 7) is 0. The highest BCUT2D eigenvalue weighted by Crippen LogP contribution is 2.46. The average Bonchev–Trinajstić information content (AvgIpc) is 3.03. The van der Waals surface area contributed by atoms with Gasteiger partial charge in [0, 0.05) is 18.0 Å². The second kappa shape index (κ2) is 5.00. The van der Waals surface area contributed by atoms with E-state index in [1.807, 2.05) is 12.1 Å². The van der Waals surface area contributed by atoms with Gasteiger partial charge < -0.3 is 10.2 Å². The van der Waals surface area contributed by atoms with E-state index in [1.165, 1.54) is 17.6 Å². The van der Waals surface area contributed by atoms with Crippen molar-refractivity contribution in [3.05, 3.63) is 47.0 Å². The van der Waals surface area contributed by atoms with Crippen molar-refractivity contribution < 1.29 is 4.42 Å². The first-order valence-electron chi connectivity index (χ1n) is 5.68. The van der Waals surface area contributed by atoms with Crippen LogP contribution in [-0.4, -0.2) is 4.98 Å². The van der Waals surface area contributed by atoms with Crippen LogP contribution in [-0.2, 0) is 0 Å². The number of hydrogen-bond acceptors (Lipinski definition) is 5. The fourth-order valence-corrected chi connectivity index (χ4v) is 3.30. The lowest BCUT2D eigenvalue weighted by Crippen LogP contribution is -1.89. The third-order valence-corrected chi connectivity index (χ3v) is 4.31. The van der Waals surface area contributed by atoms with Crippen molar-refractivity contribution in [1.82, 2.24) is 4.98 Å². The zero-order chi connectivity index (χ0) is 14.1. The summed E-state index contributed by atoms with van der Waals surface area (Å²) < 4.78 is 5.13. The summed E-state index contributed by atoms with van der Waals surface area (Å²) in [5.74, 6) is 0. The van der Waals surface area contributed by atoms with Gasteiger partial charge in [0.25, 0.3) is 0 Å². The third kappa shape index (κ3) is 1.95. The molecule has 3 rings (SSSR count). The van der Waals surface area contributed by atoms with Gasteiger partial charge in [0.2, 0.25) is 5.22 Å². The molecule has 6 heteroatoms. The lowest BCUT2D eigenvalue weighted by molar-refractivity contribution is 0.570. The van der Waals surface area contributed by atoms with Gasteiger partial charge in [-0.25, -0.2) is 0 Å². The van der Waals surface area contributed by atoms with Crippen LogP contribution < -0.4 is 5.73 Å². The van der Waals surface area contributed by atoms with Gasteiger partial charge in [-0.2, -0.15) is 5.26 Å². The van der Waals surface area contributed by atoms with Crippen LogP contribution in [0.4, 0.5) is 5.69 Å². The molecule has 0 spiro atoms. The molecule has 0 aliphatic carbocycles. The van der Waals surface area contributed by atoms with E-state index in [0.29, 0.717) is 10.6 Å². The van der Waals surface area contributed by atoms with Crippen LogP contribution >= 0.6 is 22.9 Å². The van der Waals surface area contributed by atoms with E-state index >= 15 is 0 Å². The molecule has 0 aliphatic heterocycles. The molecule has 0 aliphatic rings. The first-order valence-corrected chi connectivity index (χ1v) is 6.88. The van der Waals surface area contributed by atoms with Crippen LogP contribution in [0.2, 0.25) is 5.22 Å². The van der Waals surface area contributed by atoms with Crippen molar-refractivity contribution in [2.24, 2.45) is 0 Å². The summed E-state index contributed by atoms with van der Waals surface area (Å²) in [5, 5.41) is 9.46. The third-order valence-electron chi connectivity index (χ3n) is 2.88. The van der Waals surface area contributed by atoms with Crippen molar-refractivity contribution in [2.45, 2.75) is 0 Å². The minimum atomic E-state index is 0.283. The number of aromatic nitrogens is 1. The topological polar surface area (TPSA) is 75.8 Å². The number of hydrogen-bond donors (Lipinski definition) is 1. The van der Waals surface area contributed by atoms with Crippen LogP contribution in [0.3, 0.4) is 0 Å². The zero-order valence-electron chi connectivity index (χ0n) is 10.1. The number of furan rings is 1. The average molecular weight is 302 g/mol. The van der Waals surface area contributed by atoms with E-state index in [1.54, 1.807) is 18.5 Å². The smallest absolute Gasteiger partial charge is 0.201 e. The molecule has 0 unspecified atom stereocenters. The van der Waals surface area contributed by atoms with Crippen molar-refractivity contribution in [3.63, 3.8) is 0 Å². The van der Waals surface area contributed by atoms with Crippen molar-refractivity contribution in [3.8, 4) is 27.6 Å². The van der Waals surface area contributed by atoms with Gasteiger partial charge in [0.05, 0.1) is 22.4 Å². The molecule has 4 nitrogen and oxygen atoms in total. The Morgan fingerprint density at radius 1 is 1.30 bits per heavy atom. The fraction of sp³-hybridized carbons (Fsp3) is 0. The minimum absolute atomic E-state index is 0.283. The number of nitrogen functional groups attached to an aromatic ring is 1. The monoisotopic (exact) mass is 301 g/mol. The van der Waals surface area contributed by atoms with E-state index < -0.39 is 0 Å². The standard InChI is InChI=1S/C14H8ClN3OS/c15-14-9(3-6-19-14)13-11(8-1-4-18-5-2-8)12(17)10(7-16)20-13/h1-6H,17H2. The SMILES string of the molecule is N#Cc1sc(-c2ccoc2Cl)c(-c2ccncc2)c1N. The maximum Gasteiger partial charge on any atom is 0.201 e. The van der Waals surface area contributed by atoms with E-state index in [4.69, 9.17) is 21.8 Å². The number of halogens is 1. The second-order valence-corrected chi connectivity index (χ2v) is 5.37. The molecule has 98 valence electrons. The van der Waals surface area contributed by atoms with Gasteiger partial charge in [-0.15, -0.1) is 11.3 Å². The highest BCUT2D eigenvalue weighted by Gasteiger charge is 2.21. The summed E-state index contributed by atoms with van der Waals surface area (Å²) >= 11 is 7.34. The van der Waals surface area contributed by atoms with Crippen LogP contribution in [0.5, 0.6) is 0 Å². The van der Waals surface area contributed by atoms with Crippen LogP contribution in [0, 0.1) is 11.3 Å². The molecule has 0 bridgehead atoms. The first-order chi connectivity index (χ1) is 9.72. The summed E-state index contributed by atoms with van der Waals surface area (Å²) in [7, 11) is 0. The van der Waals surface area contributed by atoms with Gasteiger partial charge in [-0.05, 0) is 35.4 Å². The number of thiophene rings is 1. The Bertz CT molecular complexity index is 802. The highest BCUT2D eigenvalue weighted by molar-refractivity contribution is 7.17. The van der Waals surface area contributed by atoms with Crippen LogP contribution in [0.1, 0.15) is 4.88 Å².